The van der Waals surface area contributed by atoms with Crippen LogP contribution in [0.25, 0.3) is 0 Å². The lowest BCUT2D eigenvalue weighted by molar-refractivity contribution is -0.114. The van der Waals surface area contributed by atoms with E-state index in [2.05, 4.69) is 60.1 Å². The van der Waals surface area contributed by atoms with Gasteiger partial charge in [-0.3, -0.25) is 9.79 Å². The number of aliphatic imine (C=N–C) groups is 1. The summed E-state index contributed by atoms with van der Waals surface area (Å²) in [4.78, 5) is 15.8. The molecule has 6 heteroatoms. The van der Waals surface area contributed by atoms with Crippen molar-refractivity contribution in [1.82, 2.24) is 10.6 Å². The van der Waals surface area contributed by atoms with Crippen LogP contribution in [0.4, 0.5) is 5.69 Å². The van der Waals surface area contributed by atoms with E-state index in [1.54, 1.807) is 0 Å². The third-order valence-electron chi connectivity index (χ3n) is 4.38. The van der Waals surface area contributed by atoms with Gasteiger partial charge in [0.15, 0.2) is 5.96 Å². The highest BCUT2D eigenvalue weighted by Gasteiger charge is 2.05. The van der Waals surface area contributed by atoms with Crippen molar-refractivity contribution >= 4 is 41.5 Å². The SMILES string of the molecule is CCNC(=NCCc1ccc(NC(C)=O)cc1)NC(C)CCc1ccccc1.I. The maximum Gasteiger partial charge on any atom is 0.221 e. The molecule has 0 bridgehead atoms. The molecule has 5 nitrogen and oxygen atoms in total. The normalized spacial score (nSPS) is 11.9. The number of rotatable bonds is 9. The number of carbonyl (C=O) groups is 1. The average molecular weight is 508 g/mol. The van der Waals surface area contributed by atoms with E-state index < -0.39 is 0 Å². The van der Waals surface area contributed by atoms with Gasteiger partial charge in [-0.2, -0.15) is 0 Å². The lowest BCUT2D eigenvalue weighted by Gasteiger charge is -2.18. The summed E-state index contributed by atoms with van der Waals surface area (Å²) in [6.45, 7) is 7.32. The molecule has 158 valence electrons. The maximum atomic E-state index is 11.1. The minimum absolute atomic E-state index is 0. The predicted molar refractivity (Wildman–Crippen MR) is 133 cm³/mol. The average Bonchev–Trinajstić information content (AvgIpc) is 2.68. The fourth-order valence-electron chi connectivity index (χ4n) is 2.91. The van der Waals surface area contributed by atoms with Crippen LogP contribution in [-0.2, 0) is 17.6 Å². The van der Waals surface area contributed by atoms with Gasteiger partial charge in [0, 0.05) is 31.7 Å². The van der Waals surface area contributed by atoms with Gasteiger partial charge in [-0.15, -0.1) is 24.0 Å². The zero-order valence-corrected chi connectivity index (χ0v) is 19.9. The second-order valence-corrected chi connectivity index (χ2v) is 6.96. The summed E-state index contributed by atoms with van der Waals surface area (Å²) in [7, 11) is 0. The highest BCUT2D eigenvalue weighted by atomic mass is 127. The van der Waals surface area contributed by atoms with E-state index in [0.717, 1.165) is 37.5 Å². The Hall–Kier alpha value is -2.09. The van der Waals surface area contributed by atoms with Crippen LogP contribution in [0.5, 0.6) is 0 Å². The Morgan fingerprint density at radius 2 is 1.66 bits per heavy atom. The number of hydrogen-bond donors (Lipinski definition) is 3. The highest BCUT2D eigenvalue weighted by molar-refractivity contribution is 14.0. The molecule has 0 heterocycles. The number of nitrogens with one attached hydrogen (secondary N) is 3. The van der Waals surface area contributed by atoms with Crippen LogP contribution in [0.2, 0.25) is 0 Å². The molecule has 2 aromatic rings. The second-order valence-electron chi connectivity index (χ2n) is 6.96. The van der Waals surface area contributed by atoms with Crippen LogP contribution in [0.3, 0.4) is 0 Å². The minimum Gasteiger partial charge on any atom is -0.357 e. The molecule has 0 saturated carbocycles. The van der Waals surface area contributed by atoms with Crippen molar-refractivity contribution in [2.75, 3.05) is 18.4 Å². The number of aryl methyl sites for hydroxylation is 1. The van der Waals surface area contributed by atoms with Gasteiger partial charge in [-0.1, -0.05) is 42.5 Å². The second kappa shape index (κ2) is 14.0. The number of hydrogen-bond acceptors (Lipinski definition) is 2. The zero-order chi connectivity index (χ0) is 20.2. The largest absolute Gasteiger partial charge is 0.357 e. The first kappa shape index (κ1) is 24.9. The fraction of sp³-hybridized carbons (Fsp3) is 0.391. The van der Waals surface area contributed by atoms with Crippen molar-refractivity contribution in [3.63, 3.8) is 0 Å². The number of benzene rings is 2. The molecule has 0 aliphatic carbocycles. The smallest absolute Gasteiger partial charge is 0.221 e. The summed E-state index contributed by atoms with van der Waals surface area (Å²) in [5.41, 5.74) is 3.38. The first-order chi connectivity index (χ1) is 13.6. The zero-order valence-electron chi connectivity index (χ0n) is 17.6. The van der Waals surface area contributed by atoms with Gasteiger partial charge in [0.25, 0.3) is 0 Å². The third kappa shape index (κ3) is 10.3. The molecular formula is C23H33IN4O. The number of nitrogens with zero attached hydrogens (tertiary/aromatic N) is 1. The Kier molecular flexibility index (Phi) is 12.0. The highest BCUT2D eigenvalue weighted by Crippen LogP contribution is 2.10. The van der Waals surface area contributed by atoms with E-state index in [1.807, 2.05) is 24.3 Å². The Morgan fingerprint density at radius 3 is 2.28 bits per heavy atom. The summed E-state index contributed by atoms with van der Waals surface area (Å²) in [6.07, 6.45) is 2.96. The van der Waals surface area contributed by atoms with Crippen molar-refractivity contribution in [3.05, 3.63) is 65.7 Å². The quantitative estimate of drug-likeness (QED) is 0.268. The van der Waals surface area contributed by atoms with Crippen molar-refractivity contribution in [1.29, 1.82) is 0 Å². The third-order valence-corrected chi connectivity index (χ3v) is 4.38. The van der Waals surface area contributed by atoms with Gasteiger partial charge in [-0.25, -0.2) is 0 Å². The number of carbonyl (C=O) groups excluding carboxylic acids is 1. The number of halogens is 1. The first-order valence-corrected chi connectivity index (χ1v) is 10.0. The molecule has 1 unspecified atom stereocenters. The molecule has 3 N–H and O–H groups in total. The summed E-state index contributed by atoms with van der Waals surface area (Å²) >= 11 is 0. The molecular weight excluding hydrogens is 475 g/mol. The van der Waals surface area contributed by atoms with Crippen molar-refractivity contribution in [3.8, 4) is 0 Å². The van der Waals surface area contributed by atoms with Crippen LogP contribution in [0, 0.1) is 0 Å². The lowest BCUT2D eigenvalue weighted by atomic mass is 10.1. The summed E-state index contributed by atoms with van der Waals surface area (Å²) < 4.78 is 0. The summed E-state index contributed by atoms with van der Waals surface area (Å²) in [5.74, 6) is 0.804. The molecule has 0 radical (unpaired) electrons. The van der Waals surface area contributed by atoms with Gasteiger partial charge in [0.1, 0.15) is 0 Å². The molecule has 0 spiro atoms. The molecule has 0 aliphatic heterocycles. The molecule has 0 aliphatic rings. The van der Waals surface area contributed by atoms with Crippen LogP contribution in [0.15, 0.2) is 59.6 Å². The van der Waals surface area contributed by atoms with Crippen LogP contribution >= 0.6 is 24.0 Å². The first-order valence-electron chi connectivity index (χ1n) is 10.0. The number of guanidine groups is 1. The minimum atomic E-state index is -0.0555. The maximum absolute atomic E-state index is 11.1. The Morgan fingerprint density at radius 1 is 1.00 bits per heavy atom. The topological polar surface area (TPSA) is 65.5 Å². The Bertz CT molecular complexity index is 747. The molecule has 0 aromatic heterocycles. The van der Waals surface area contributed by atoms with Gasteiger partial charge >= 0.3 is 0 Å². The molecule has 1 atom stereocenters. The van der Waals surface area contributed by atoms with Crippen LogP contribution in [0.1, 0.15) is 38.3 Å². The molecule has 2 aromatic carbocycles. The standard InChI is InChI=1S/C23H32N4O.HI/c1-4-24-23(26-18(2)10-11-20-8-6-5-7-9-20)25-17-16-21-12-14-22(15-13-21)27-19(3)28;/h5-9,12-15,18H,4,10-11,16-17H2,1-3H3,(H,27,28)(H2,24,25,26);1H. The molecule has 0 saturated heterocycles. The van der Waals surface area contributed by atoms with Gasteiger partial charge in [-0.05, 0) is 56.4 Å². The number of anilines is 1. The number of amides is 1. The van der Waals surface area contributed by atoms with Crippen molar-refractivity contribution in [2.24, 2.45) is 4.99 Å². The fourth-order valence-corrected chi connectivity index (χ4v) is 2.91. The molecule has 0 fully saturated rings. The monoisotopic (exact) mass is 508 g/mol. The van der Waals surface area contributed by atoms with Gasteiger partial charge in [0.05, 0.1) is 0 Å². The predicted octanol–water partition coefficient (Wildman–Crippen LogP) is 4.38. The Balaban J connectivity index is 0.00000420. The van der Waals surface area contributed by atoms with E-state index in [9.17, 15) is 4.79 Å². The molecule has 29 heavy (non-hydrogen) atoms. The van der Waals surface area contributed by atoms with Crippen LogP contribution < -0.4 is 16.0 Å². The Labute approximate surface area is 191 Å². The van der Waals surface area contributed by atoms with Gasteiger partial charge in [0.2, 0.25) is 5.91 Å². The van der Waals surface area contributed by atoms with E-state index >= 15 is 0 Å². The summed E-state index contributed by atoms with van der Waals surface area (Å²) in [5, 5.41) is 9.60. The van der Waals surface area contributed by atoms with E-state index in [0.29, 0.717) is 12.6 Å². The molecule has 1 amide bonds. The van der Waals surface area contributed by atoms with Crippen molar-refractivity contribution < 1.29 is 4.79 Å². The van der Waals surface area contributed by atoms with E-state index in [4.69, 9.17) is 4.99 Å². The molecule has 2 rings (SSSR count). The van der Waals surface area contributed by atoms with Crippen LogP contribution in [-0.4, -0.2) is 31.0 Å². The van der Waals surface area contributed by atoms with E-state index in [1.165, 1.54) is 18.1 Å². The lowest BCUT2D eigenvalue weighted by Crippen LogP contribution is -2.42. The van der Waals surface area contributed by atoms with Crippen molar-refractivity contribution in [2.45, 2.75) is 46.1 Å². The van der Waals surface area contributed by atoms with E-state index in [-0.39, 0.29) is 29.9 Å². The summed E-state index contributed by atoms with van der Waals surface area (Å²) in [6, 6.07) is 18.8. The van der Waals surface area contributed by atoms with Gasteiger partial charge < -0.3 is 16.0 Å².